The smallest absolute Gasteiger partial charge is 0.121 e. The lowest BCUT2D eigenvalue weighted by atomic mass is 9.62. The van der Waals surface area contributed by atoms with Gasteiger partial charge in [-0.15, -0.1) is 0 Å². The standard InChI is InChI=1S/C16H22O2/c1-14(2)12-9-10-15(14,3)16(18,13(12)17)11-7-5-4-6-8-11/h4-8,12-13,17-18H,9-10H2,1-3H3/t12-,13+,15+,16+/m0/s1. The summed E-state index contributed by atoms with van der Waals surface area (Å²) in [6, 6.07) is 9.68. The number of fused-ring (bicyclic) bond motifs is 2. The zero-order chi connectivity index (χ0) is 13.2. The monoisotopic (exact) mass is 246 g/mol. The van der Waals surface area contributed by atoms with Gasteiger partial charge >= 0.3 is 0 Å². The van der Waals surface area contributed by atoms with Crippen molar-refractivity contribution in [1.82, 2.24) is 0 Å². The van der Waals surface area contributed by atoms with Gasteiger partial charge in [-0.25, -0.2) is 0 Å². The summed E-state index contributed by atoms with van der Waals surface area (Å²) in [4.78, 5) is 0. The third kappa shape index (κ3) is 1.07. The van der Waals surface area contributed by atoms with Gasteiger partial charge in [-0.2, -0.15) is 0 Å². The number of hydrogen-bond donors (Lipinski definition) is 2. The highest BCUT2D eigenvalue weighted by Crippen LogP contribution is 2.72. The molecule has 2 heteroatoms. The van der Waals surface area contributed by atoms with E-state index in [9.17, 15) is 10.2 Å². The Hall–Kier alpha value is -0.860. The van der Waals surface area contributed by atoms with Crippen LogP contribution in [-0.2, 0) is 5.60 Å². The van der Waals surface area contributed by atoms with E-state index in [1.807, 2.05) is 30.3 Å². The van der Waals surface area contributed by atoms with Crippen molar-refractivity contribution in [2.75, 3.05) is 0 Å². The van der Waals surface area contributed by atoms with Crippen molar-refractivity contribution in [2.24, 2.45) is 16.7 Å². The molecule has 2 aliphatic rings. The lowest BCUT2D eigenvalue weighted by molar-refractivity contribution is -0.154. The molecule has 0 amide bonds. The van der Waals surface area contributed by atoms with E-state index < -0.39 is 11.7 Å². The largest absolute Gasteiger partial charge is 0.389 e. The predicted molar refractivity (Wildman–Crippen MR) is 71.0 cm³/mol. The Kier molecular flexibility index (Phi) is 2.28. The van der Waals surface area contributed by atoms with Crippen LogP contribution in [0.25, 0.3) is 0 Å². The fraction of sp³-hybridized carbons (Fsp3) is 0.625. The van der Waals surface area contributed by atoms with Gasteiger partial charge in [-0.05, 0) is 29.7 Å². The van der Waals surface area contributed by atoms with Gasteiger partial charge in [0.1, 0.15) is 5.60 Å². The van der Waals surface area contributed by atoms with E-state index in [0.717, 1.165) is 18.4 Å². The first-order chi connectivity index (χ1) is 8.36. The van der Waals surface area contributed by atoms with Crippen LogP contribution in [0.15, 0.2) is 30.3 Å². The minimum atomic E-state index is -1.11. The van der Waals surface area contributed by atoms with Gasteiger partial charge in [0, 0.05) is 5.41 Å². The second kappa shape index (κ2) is 3.37. The summed E-state index contributed by atoms with van der Waals surface area (Å²) in [5.41, 5.74) is -0.543. The Morgan fingerprint density at radius 1 is 1.11 bits per heavy atom. The molecule has 0 heterocycles. The molecule has 1 aromatic rings. The highest BCUT2D eigenvalue weighted by atomic mass is 16.3. The zero-order valence-electron chi connectivity index (χ0n) is 11.4. The average Bonchev–Trinajstić information content (AvgIpc) is 2.65. The normalized spacial score (nSPS) is 45.4. The van der Waals surface area contributed by atoms with Crippen molar-refractivity contribution in [3.8, 4) is 0 Å². The maximum atomic E-state index is 11.3. The van der Waals surface area contributed by atoms with Crippen LogP contribution in [0.4, 0.5) is 0 Å². The van der Waals surface area contributed by atoms with Crippen molar-refractivity contribution < 1.29 is 10.2 Å². The van der Waals surface area contributed by atoms with Crippen molar-refractivity contribution >= 4 is 0 Å². The summed E-state index contributed by atoms with van der Waals surface area (Å²) in [7, 11) is 0. The van der Waals surface area contributed by atoms with Crippen molar-refractivity contribution in [3.05, 3.63) is 35.9 Å². The first-order valence-corrected chi connectivity index (χ1v) is 6.81. The van der Waals surface area contributed by atoms with Crippen molar-refractivity contribution in [3.63, 3.8) is 0 Å². The van der Waals surface area contributed by atoms with Gasteiger partial charge in [0.25, 0.3) is 0 Å². The molecule has 0 aromatic heterocycles. The van der Waals surface area contributed by atoms with Crippen molar-refractivity contribution in [1.29, 1.82) is 0 Å². The molecule has 2 nitrogen and oxygen atoms in total. The van der Waals surface area contributed by atoms with Crippen LogP contribution in [0.2, 0.25) is 0 Å². The topological polar surface area (TPSA) is 40.5 Å². The third-order valence-corrected chi connectivity index (χ3v) is 6.17. The zero-order valence-corrected chi connectivity index (χ0v) is 11.4. The SMILES string of the molecule is CC1(C)[C@H]2CC[C@@]1(C)[C@@](O)(c1ccccc1)[C@@H]2O. The van der Waals surface area contributed by atoms with Crippen LogP contribution < -0.4 is 0 Å². The van der Waals surface area contributed by atoms with E-state index in [1.165, 1.54) is 0 Å². The Morgan fingerprint density at radius 2 is 1.72 bits per heavy atom. The van der Waals surface area contributed by atoms with E-state index in [2.05, 4.69) is 20.8 Å². The minimum Gasteiger partial charge on any atom is -0.389 e. The van der Waals surface area contributed by atoms with Gasteiger partial charge < -0.3 is 10.2 Å². The molecular weight excluding hydrogens is 224 g/mol. The van der Waals surface area contributed by atoms with Gasteiger partial charge in [0.2, 0.25) is 0 Å². The fourth-order valence-electron chi connectivity index (χ4n) is 4.57. The number of aliphatic hydroxyl groups excluding tert-OH is 1. The number of benzene rings is 1. The Bertz CT molecular complexity index is 467. The van der Waals surface area contributed by atoms with E-state index in [0.29, 0.717) is 0 Å². The molecule has 0 saturated heterocycles. The summed E-state index contributed by atoms with van der Waals surface area (Å²) in [6.07, 6.45) is 1.33. The molecule has 1 aromatic carbocycles. The van der Waals surface area contributed by atoms with Crippen LogP contribution in [0.1, 0.15) is 39.2 Å². The minimum absolute atomic E-state index is 0.0307. The molecule has 2 saturated carbocycles. The molecule has 18 heavy (non-hydrogen) atoms. The highest BCUT2D eigenvalue weighted by molar-refractivity contribution is 5.34. The summed E-state index contributed by atoms with van der Waals surface area (Å²) in [5.74, 6) is 0.188. The van der Waals surface area contributed by atoms with Crippen LogP contribution in [0, 0.1) is 16.7 Å². The summed E-state index contributed by atoms with van der Waals surface area (Å²) >= 11 is 0. The molecule has 0 aliphatic heterocycles. The van der Waals surface area contributed by atoms with E-state index in [1.54, 1.807) is 0 Å². The Labute approximate surface area is 109 Å². The second-order valence-corrected chi connectivity index (χ2v) is 6.78. The van der Waals surface area contributed by atoms with Crippen LogP contribution >= 0.6 is 0 Å². The van der Waals surface area contributed by atoms with Crippen LogP contribution in [0.3, 0.4) is 0 Å². The molecule has 2 N–H and O–H groups in total. The molecule has 2 fully saturated rings. The third-order valence-electron chi connectivity index (χ3n) is 6.17. The molecular formula is C16H22O2. The average molecular weight is 246 g/mol. The molecule has 0 spiro atoms. The van der Waals surface area contributed by atoms with E-state index in [-0.39, 0.29) is 16.7 Å². The molecule has 0 radical (unpaired) electrons. The summed E-state index contributed by atoms with van der Waals surface area (Å²) < 4.78 is 0. The quantitative estimate of drug-likeness (QED) is 0.800. The highest BCUT2D eigenvalue weighted by Gasteiger charge is 2.73. The number of aliphatic hydroxyl groups is 2. The van der Waals surface area contributed by atoms with Crippen LogP contribution in [0.5, 0.6) is 0 Å². The van der Waals surface area contributed by atoms with Gasteiger partial charge in [0.05, 0.1) is 6.10 Å². The summed E-state index contributed by atoms with van der Waals surface area (Å²) in [5, 5.41) is 21.9. The van der Waals surface area contributed by atoms with Crippen molar-refractivity contribution in [2.45, 2.75) is 45.3 Å². The predicted octanol–water partition coefficient (Wildman–Crippen LogP) is 2.69. The maximum absolute atomic E-state index is 11.3. The molecule has 98 valence electrons. The Balaban J connectivity index is 2.19. The summed E-state index contributed by atoms with van der Waals surface area (Å²) in [6.45, 7) is 6.51. The maximum Gasteiger partial charge on any atom is 0.121 e. The van der Waals surface area contributed by atoms with Gasteiger partial charge in [0.15, 0.2) is 0 Å². The lowest BCUT2D eigenvalue weighted by Gasteiger charge is -2.46. The molecule has 0 unspecified atom stereocenters. The van der Waals surface area contributed by atoms with E-state index in [4.69, 9.17) is 0 Å². The van der Waals surface area contributed by atoms with Gasteiger partial charge in [-0.3, -0.25) is 0 Å². The molecule has 4 atom stereocenters. The molecule has 2 aliphatic carbocycles. The number of hydrogen-bond acceptors (Lipinski definition) is 2. The first kappa shape index (κ1) is 12.2. The van der Waals surface area contributed by atoms with Crippen LogP contribution in [-0.4, -0.2) is 16.3 Å². The fourth-order valence-corrected chi connectivity index (χ4v) is 4.57. The number of rotatable bonds is 1. The van der Waals surface area contributed by atoms with E-state index >= 15 is 0 Å². The second-order valence-electron chi connectivity index (χ2n) is 6.78. The molecule has 2 bridgehead atoms. The Morgan fingerprint density at radius 3 is 2.22 bits per heavy atom. The molecule has 3 rings (SSSR count). The first-order valence-electron chi connectivity index (χ1n) is 6.81. The van der Waals surface area contributed by atoms with Gasteiger partial charge in [-0.1, -0.05) is 51.1 Å². The lowest BCUT2D eigenvalue weighted by Crippen LogP contribution is -2.50.